The quantitative estimate of drug-likeness (QED) is 0.474. The molecule has 5 rings (SSSR count). The van der Waals surface area contributed by atoms with E-state index in [0.29, 0.717) is 17.9 Å². The third-order valence-electron chi connectivity index (χ3n) is 5.93. The van der Waals surface area contributed by atoms with E-state index in [0.717, 1.165) is 38.9 Å². The Morgan fingerprint density at radius 1 is 0.839 bits per heavy atom. The van der Waals surface area contributed by atoms with Gasteiger partial charge in [0, 0.05) is 29.2 Å². The van der Waals surface area contributed by atoms with Crippen molar-refractivity contribution in [3.05, 3.63) is 107 Å². The Bertz CT molecular complexity index is 1400. The van der Waals surface area contributed by atoms with E-state index in [-0.39, 0.29) is 0 Å². The lowest BCUT2D eigenvalue weighted by Gasteiger charge is -2.20. The Morgan fingerprint density at radius 2 is 1.48 bits per heavy atom. The molecular weight excluding hydrogens is 404 g/mol. The van der Waals surface area contributed by atoms with Crippen LogP contribution in [0.3, 0.4) is 0 Å². The molecule has 0 unspecified atom stereocenters. The van der Waals surface area contributed by atoms with E-state index in [9.17, 15) is 8.42 Å². The minimum Gasteiger partial charge on any atom is -0.354 e. The molecule has 1 N–H and O–H groups in total. The molecule has 0 saturated heterocycles. The summed E-state index contributed by atoms with van der Waals surface area (Å²) in [5.41, 5.74) is 7.30. The maximum absolute atomic E-state index is 13.5. The Labute approximate surface area is 182 Å². The summed E-state index contributed by atoms with van der Waals surface area (Å²) < 4.78 is 28.5. The number of nitrogens with one attached hydrogen (secondary N) is 1. The van der Waals surface area contributed by atoms with Crippen molar-refractivity contribution in [2.75, 3.05) is 6.54 Å². The lowest BCUT2D eigenvalue weighted by atomic mass is 9.98. The van der Waals surface area contributed by atoms with E-state index in [2.05, 4.69) is 41.4 Å². The van der Waals surface area contributed by atoms with Crippen LogP contribution in [-0.4, -0.2) is 24.3 Å². The Morgan fingerprint density at radius 3 is 2.19 bits per heavy atom. The van der Waals surface area contributed by atoms with Gasteiger partial charge in [0.25, 0.3) is 10.0 Å². The van der Waals surface area contributed by atoms with Crippen molar-refractivity contribution in [2.45, 2.75) is 25.2 Å². The number of nitrogens with zero attached hydrogens (tertiary/aromatic N) is 1. The number of aryl methyl sites for hydroxylation is 2. The highest BCUT2D eigenvalue weighted by molar-refractivity contribution is 7.89. The number of aromatic amines is 1. The van der Waals surface area contributed by atoms with Gasteiger partial charge in [-0.25, -0.2) is 8.42 Å². The largest absolute Gasteiger partial charge is 0.354 e. The minimum atomic E-state index is -3.66. The molecule has 5 heteroatoms. The van der Waals surface area contributed by atoms with E-state index < -0.39 is 10.0 Å². The van der Waals surface area contributed by atoms with Crippen LogP contribution in [-0.2, 0) is 16.4 Å². The molecule has 156 valence electrons. The van der Waals surface area contributed by atoms with Crippen molar-refractivity contribution >= 4 is 26.5 Å². The van der Waals surface area contributed by atoms with Gasteiger partial charge in [-0.15, -0.1) is 0 Å². The second-order valence-electron chi connectivity index (χ2n) is 8.11. The summed E-state index contributed by atoms with van der Waals surface area (Å²) in [6, 6.07) is 23.5. The molecular formula is C26H24N2O2S. The van der Waals surface area contributed by atoms with Gasteiger partial charge in [-0.3, -0.25) is 4.31 Å². The number of hydrogen-bond acceptors (Lipinski definition) is 2. The van der Waals surface area contributed by atoms with Crippen LogP contribution < -0.4 is 0 Å². The molecule has 0 atom stereocenters. The van der Waals surface area contributed by atoms with Crippen LogP contribution in [0.15, 0.2) is 83.9 Å². The van der Waals surface area contributed by atoms with Crippen LogP contribution in [0.1, 0.15) is 27.9 Å². The molecule has 0 saturated carbocycles. The van der Waals surface area contributed by atoms with Crippen LogP contribution in [0.25, 0.3) is 16.5 Å². The summed E-state index contributed by atoms with van der Waals surface area (Å²) in [7, 11) is -3.66. The highest BCUT2D eigenvalue weighted by Gasteiger charge is 2.28. The first-order valence-electron chi connectivity index (χ1n) is 10.4. The van der Waals surface area contributed by atoms with Crippen molar-refractivity contribution in [3.8, 4) is 0 Å². The molecule has 0 fully saturated rings. The molecule has 4 aromatic rings. The smallest absolute Gasteiger partial charge is 0.263 e. The Kier molecular flexibility index (Phi) is 4.71. The maximum Gasteiger partial charge on any atom is 0.263 e. The molecule has 1 aromatic heterocycles. The van der Waals surface area contributed by atoms with E-state index in [1.807, 2.05) is 38.1 Å². The van der Waals surface area contributed by atoms with E-state index in [1.165, 1.54) is 9.87 Å². The van der Waals surface area contributed by atoms with Gasteiger partial charge < -0.3 is 4.98 Å². The van der Waals surface area contributed by atoms with Gasteiger partial charge >= 0.3 is 0 Å². The number of H-pyrrole nitrogens is 1. The highest BCUT2D eigenvalue weighted by Crippen LogP contribution is 2.35. The molecule has 1 aliphatic rings. The summed E-state index contributed by atoms with van der Waals surface area (Å²) in [4.78, 5) is 3.86. The molecule has 2 heterocycles. The third kappa shape index (κ3) is 3.45. The topological polar surface area (TPSA) is 53.2 Å². The van der Waals surface area contributed by atoms with Crippen molar-refractivity contribution in [3.63, 3.8) is 0 Å². The summed E-state index contributed by atoms with van der Waals surface area (Å²) in [5.74, 6) is 0. The van der Waals surface area contributed by atoms with Gasteiger partial charge in [0.05, 0.1) is 10.6 Å². The average molecular weight is 429 g/mol. The molecule has 0 amide bonds. The van der Waals surface area contributed by atoms with Crippen LogP contribution in [0, 0.1) is 13.8 Å². The fourth-order valence-corrected chi connectivity index (χ4v) is 5.50. The molecule has 0 bridgehead atoms. The van der Waals surface area contributed by atoms with E-state index in [4.69, 9.17) is 0 Å². The van der Waals surface area contributed by atoms with Crippen molar-refractivity contribution < 1.29 is 8.42 Å². The SMILES string of the molecule is Cc1ccc(C2=CN(S(=O)(=O)c3ccc(C)cc3)CCc3c2[nH]c2ccccc32)cc1. The van der Waals surface area contributed by atoms with Crippen LogP contribution in [0.2, 0.25) is 0 Å². The summed E-state index contributed by atoms with van der Waals surface area (Å²) in [6.07, 6.45) is 2.43. The molecule has 0 radical (unpaired) electrons. The van der Waals surface area contributed by atoms with Crippen LogP contribution in [0.4, 0.5) is 0 Å². The maximum atomic E-state index is 13.5. The highest BCUT2D eigenvalue weighted by atomic mass is 32.2. The molecule has 0 aliphatic carbocycles. The second kappa shape index (κ2) is 7.43. The lowest BCUT2D eigenvalue weighted by molar-refractivity contribution is 0.502. The summed E-state index contributed by atoms with van der Waals surface area (Å²) >= 11 is 0. The van der Waals surface area contributed by atoms with Crippen molar-refractivity contribution in [1.29, 1.82) is 0 Å². The van der Waals surface area contributed by atoms with Gasteiger partial charge in [-0.05, 0) is 49.6 Å². The number of sulfonamides is 1. The summed E-state index contributed by atoms with van der Waals surface area (Å²) in [5, 5.41) is 1.14. The molecule has 0 spiro atoms. The van der Waals surface area contributed by atoms with E-state index in [1.54, 1.807) is 18.3 Å². The zero-order chi connectivity index (χ0) is 21.6. The number of rotatable bonds is 3. The monoisotopic (exact) mass is 428 g/mol. The van der Waals surface area contributed by atoms with Crippen LogP contribution >= 0.6 is 0 Å². The number of para-hydroxylation sites is 1. The van der Waals surface area contributed by atoms with Gasteiger partial charge in [0.15, 0.2) is 0 Å². The van der Waals surface area contributed by atoms with Gasteiger partial charge in [0.1, 0.15) is 0 Å². The average Bonchev–Trinajstić information content (AvgIpc) is 3.02. The zero-order valence-corrected chi connectivity index (χ0v) is 18.4. The molecule has 31 heavy (non-hydrogen) atoms. The predicted molar refractivity (Wildman–Crippen MR) is 125 cm³/mol. The first-order valence-corrected chi connectivity index (χ1v) is 11.8. The second-order valence-corrected chi connectivity index (χ2v) is 10.0. The van der Waals surface area contributed by atoms with Gasteiger partial charge in [-0.1, -0.05) is 65.7 Å². The standard InChI is InChI=1S/C26H24N2O2S/c1-18-7-11-20(12-8-18)24-17-28(31(29,30)21-13-9-19(2)10-14-21)16-15-23-22-5-3-4-6-25(22)27-26(23)24/h3-14,17,27H,15-16H2,1-2H3. The number of aromatic nitrogens is 1. The zero-order valence-electron chi connectivity index (χ0n) is 17.6. The lowest BCUT2D eigenvalue weighted by Crippen LogP contribution is -2.27. The van der Waals surface area contributed by atoms with Gasteiger partial charge in [-0.2, -0.15) is 0 Å². The molecule has 1 aliphatic heterocycles. The Balaban J connectivity index is 1.69. The first kappa shape index (κ1) is 19.6. The fourth-order valence-electron chi connectivity index (χ4n) is 4.17. The van der Waals surface area contributed by atoms with Crippen molar-refractivity contribution in [2.24, 2.45) is 0 Å². The molecule has 3 aromatic carbocycles. The Hall–Kier alpha value is -3.31. The third-order valence-corrected chi connectivity index (χ3v) is 7.70. The normalized spacial score (nSPS) is 14.3. The van der Waals surface area contributed by atoms with Crippen molar-refractivity contribution in [1.82, 2.24) is 9.29 Å². The number of benzene rings is 3. The first-order chi connectivity index (χ1) is 14.9. The fraction of sp³-hybridized carbons (Fsp3) is 0.154. The van der Waals surface area contributed by atoms with E-state index >= 15 is 0 Å². The predicted octanol–water partition coefficient (Wildman–Crippen LogP) is 5.42. The van der Waals surface area contributed by atoms with Crippen LogP contribution in [0.5, 0.6) is 0 Å². The molecule has 4 nitrogen and oxygen atoms in total. The van der Waals surface area contributed by atoms with Gasteiger partial charge in [0.2, 0.25) is 0 Å². The number of hydrogen-bond donors (Lipinski definition) is 1. The summed E-state index contributed by atoms with van der Waals surface area (Å²) in [6.45, 7) is 4.39. The number of fused-ring (bicyclic) bond motifs is 3. The minimum absolute atomic E-state index is 0.313.